The molecule has 1 aliphatic rings. The normalized spacial score (nSPS) is 23.0. The van der Waals surface area contributed by atoms with Crippen LogP contribution < -0.4 is 9.47 Å². The monoisotopic (exact) mass is 304 g/mol. The molecule has 0 radical (unpaired) electrons. The first-order valence-electron chi connectivity index (χ1n) is 5.18. The summed E-state index contributed by atoms with van der Waals surface area (Å²) in [7, 11) is 3.30. The van der Waals surface area contributed by atoms with E-state index in [9.17, 15) is 0 Å². The molecule has 2 nitrogen and oxygen atoms in total. The number of alkyl halides is 1. The van der Waals surface area contributed by atoms with Gasteiger partial charge in [-0.05, 0) is 36.0 Å². The van der Waals surface area contributed by atoms with E-state index >= 15 is 0 Å². The van der Waals surface area contributed by atoms with Gasteiger partial charge in [-0.15, -0.1) is 11.6 Å². The number of halogens is 2. The summed E-state index contributed by atoms with van der Waals surface area (Å²) in [4.78, 5) is 0. The Labute approximate surface area is 109 Å². The van der Waals surface area contributed by atoms with Crippen LogP contribution >= 0.6 is 27.5 Å². The van der Waals surface area contributed by atoms with Gasteiger partial charge >= 0.3 is 0 Å². The molecule has 2 unspecified atom stereocenters. The molecular formula is C12H14BrClO2. The van der Waals surface area contributed by atoms with Crippen LogP contribution in [0.2, 0.25) is 0 Å². The number of hydrogen-bond acceptors (Lipinski definition) is 2. The standard InChI is InChI=1S/C12H14BrClO2/c1-15-11-4-9(8-3-7(8)6-14)10(13)5-12(11)16-2/h4-5,7-8H,3,6H2,1-2H3. The molecule has 88 valence electrons. The predicted octanol–water partition coefficient (Wildman–Crippen LogP) is 3.81. The van der Waals surface area contributed by atoms with Crippen molar-refractivity contribution in [2.45, 2.75) is 12.3 Å². The topological polar surface area (TPSA) is 18.5 Å². The molecule has 1 saturated carbocycles. The molecule has 0 saturated heterocycles. The van der Waals surface area contributed by atoms with Crippen LogP contribution in [-0.2, 0) is 0 Å². The smallest absolute Gasteiger partial charge is 0.161 e. The minimum absolute atomic E-state index is 0.562. The van der Waals surface area contributed by atoms with E-state index < -0.39 is 0 Å². The van der Waals surface area contributed by atoms with Gasteiger partial charge in [0.25, 0.3) is 0 Å². The van der Waals surface area contributed by atoms with E-state index in [1.807, 2.05) is 12.1 Å². The molecule has 0 amide bonds. The third-order valence-corrected chi connectivity index (χ3v) is 4.11. The van der Waals surface area contributed by atoms with Crippen LogP contribution in [0.5, 0.6) is 11.5 Å². The SMILES string of the molecule is COc1cc(Br)c(C2CC2CCl)cc1OC. The van der Waals surface area contributed by atoms with Gasteiger partial charge in [-0.25, -0.2) is 0 Å². The van der Waals surface area contributed by atoms with E-state index in [2.05, 4.69) is 15.9 Å². The van der Waals surface area contributed by atoms with Crippen molar-refractivity contribution in [3.05, 3.63) is 22.2 Å². The number of hydrogen-bond donors (Lipinski definition) is 0. The van der Waals surface area contributed by atoms with E-state index in [4.69, 9.17) is 21.1 Å². The van der Waals surface area contributed by atoms with E-state index in [0.29, 0.717) is 11.8 Å². The first kappa shape index (κ1) is 12.1. The third kappa shape index (κ3) is 2.16. The lowest BCUT2D eigenvalue weighted by molar-refractivity contribution is 0.354. The fourth-order valence-corrected chi connectivity index (χ4v) is 2.91. The van der Waals surface area contributed by atoms with Gasteiger partial charge in [0.15, 0.2) is 11.5 Å². The maximum absolute atomic E-state index is 5.86. The van der Waals surface area contributed by atoms with Crippen molar-refractivity contribution in [2.24, 2.45) is 5.92 Å². The molecule has 16 heavy (non-hydrogen) atoms. The van der Waals surface area contributed by atoms with Crippen LogP contribution in [0.3, 0.4) is 0 Å². The highest BCUT2D eigenvalue weighted by Gasteiger charge is 2.39. The summed E-state index contributed by atoms with van der Waals surface area (Å²) < 4.78 is 11.6. The van der Waals surface area contributed by atoms with E-state index in [1.54, 1.807) is 14.2 Å². The molecule has 0 aliphatic heterocycles. The number of rotatable bonds is 4. The molecule has 0 heterocycles. The Kier molecular flexibility index (Phi) is 3.65. The van der Waals surface area contributed by atoms with Crippen molar-refractivity contribution in [2.75, 3.05) is 20.1 Å². The van der Waals surface area contributed by atoms with Crippen molar-refractivity contribution in [3.63, 3.8) is 0 Å². The minimum Gasteiger partial charge on any atom is -0.493 e. The van der Waals surface area contributed by atoms with Crippen LogP contribution in [0.15, 0.2) is 16.6 Å². The van der Waals surface area contributed by atoms with Crippen LogP contribution in [0.1, 0.15) is 17.9 Å². The molecule has 0 aromatic heterocycles. The number of methoxy groups -OCH3 is 2. The largest absolute Gasteiger partial charge is 0.493 e. The lowest BCUT2D eigenvalue weighted by Crippen LogP contribution is -1.94. The van der Waals surface area contributed by atoms with Gasteiger partial charge < -0.3 is 9.47 Å². The van der Waals surface area contributed by atoms with E-state index in [1.165, 1.54) is 5.56 Å². The Morgan fingerprint density at radius 3 is 2.44 bits per heavy atom. The molecule has 4 heteroatoms. The van der Waals surface area contributed by atoms with Crippen molar-refractivity contribution >= 4 is 27.5 Å². The molecule has 0 bridgehead atoms. The first-order chi connectivity index (χ1) is 7.71. The maximum atomic E-state index is 5.86. The second-order valence-corrected chi connectivity index (χ2v) is 5.15. The number of benzene rings is 1. The third-order valence-electron chi connectivity index (χ3n) is 3.02. The van der Waals surface area contributed by atoms with Crippen LogP contribution in [-0.4, -0.2) is 20.1 Å². The summed E-state index contributed by atoms with van der Waals surface area (Å²) in [6.45, 7) is 0. The summed E-state index contributed by atoms with van der Waals surface area (Å²) in [5.74, 6) is 3.43. The number of ether oxygens (including phenoxy) is 2. The second-order valence-electron chi connectivity index (χ2n) is 3.99. The summed E-state index contributed by atoms with van der Waals surface area (Å²) in [6.07, 6.45) is 1.16. The predicted molar refractivity (Wildman–Crippen MR) is 68.8 cm³/mol. The molecule has 2 rings (SSSR count). The molecule has 1 aromatic carbocycles. The molecule has 0 N–H and O–H groups in total. The highest BCUT2D eigenvalue weighted by atomic mass is 79.9. The van der Waals surface area contributed by atoms with Crippen LogP contribution in [0.25, 0.3) is 0 Å². The van der Waals surface area contributed by atoms with Crippen molar-refractivity contribution in [1.82, 2.24) is 0 Å². The Balaban J connectivity index is 2.32. The molecular weight excluding hydrogens is 291 g/mol. The first-order valence-corrected chi connectivity index (χ1v) is 6.51. The van der Waals surface area contributed by atoms with Gasteiger partial charge in [-0.3, -0.25) is 0 Å². The second kappa shape index (κ2) is 4.84. The molecule has 1 aromatic rings. The molecule has 1 aliphatic carbocycles. The summed E-state index contributed by atoms with van der Waals surface area (Å²) in [5.41, 5.74) is 1.27. The maximum Gasteiger partial charge on any atom is 0.161 e. The van der Waals surface area contributed by atoms with Crippen molar-refractivity contribution in [1.29, 1.82) is 0 Å². The highest BCUT2D eigenvalue weighted by molar-refractivity contribution is 9.10. The van der Waals surface area contributed by atoms with Crippen molar-refractivity contribution < 1.29 is 9.47 Å². The van der Waals surface area contributed by atoms with Gasteiger partial charge in [0.05, 0.1) is 14.2 Å². The van der Waals surface area contributed by atoms with Gasteiger partial charge in [0, 0.05) is 10.4 Å². The zero-order valence-corrected chi connectivity index (χ0v) is 11.6. The Hall–Kier alpha value is -0.410. The van der Waals surface area contributed by atoms with Crippen LogP contribution in [0.4, 0.5) is 0 Å². The molecule has 0 spiro atoms. The van der Waals surface area contributed by atoms with E-state index in [0.717, 1.165) is 28.3 Å². The lowest BCUT2D eigenvalue weighted by atomic mass is 10.1. The highest BCUT2D eigenvalue weighted by Crippen LogP contribution is 2.52. The fraction of sp³-hybridized carbons (Fsp3) is 0.500. The average Bonchev–Trinajstić information content (AvgIpc) is 3.07. The minimum atomic E-state index is 0.562. The van der Waals surface area contributed by atoms with Crippen molar-refractivity contribution in [3.8, 4) is 11.5 Å². The Morgan fingerprint density at radius 1 is 1.31 bits per heavy atom. The van der Waals surface area contributed by atoms with Gasteiger partial charge in [-0.2, -0.15) is 0 Å². The molecule has 2 atom stereocenters. The zero-order valence-electron chi connectivity index (χ0n) is 9.30. The average molecular weight is 306 g/mol. The van der Waals surface area contributed by atoms with Gasteiger partial charge in [0.1, 0.15) is 0 Å². The molecule has 1 fully saturated rings. The Morgan fingerprint density at radius 2 is 1.94 bits per heavy atom. The summed E-state index contributed by atoms with van der Waals surface area (Å²) >= 11 is 9.43. The lowest BCUT2D eigenvalue weighted by Gasteiger charge is -2.11. The van der Waals surface area contributed by atoms with Gasteiger partial charge in [-0.1, -0.05) is 15.9 Å². The summed E-state index contributed by atoms with van der Waals surface area (Å²) in [5, 5.41) is 0. The van der Waals surface area contributed by atoms with Crippen LogP contribution in [0, 0.1) is 5.92 Å². The quantitative estimate of drug-likeness (QED) is 0.788. The zero-order chi connectivity index (χ0) is 11.7. The fourth-order valence-electron chi connectivity index (χ4n) is 1.95. The summed E-state index contributed by atoms with van der Waals surface area (Å²) in [6, 6.07) is 4.00. The van der Waals surface area contributed by atoms with E-state index in [-0.39, 0.29) is 0 Å². The van der Waals surface area contributed by atoms with Gasteiger partial charge in [0.2, 0.25) is 0 Å². The Bertz CT molecular complexity index is 395.